The average molecular weight is 194 g/mol. The van der Waals surface area contributed by atoms with Crippen molar-refractivity contribution in [1.29, 1.82) is 0 Å². The van der Waals surface area contributed by atoms with Crippen LogP contribution in [0, 0.1) is 10.8 Å². The van der Waals surface area contributed by atoms with Crippen LogP contribution in [0.15, 0.2) is 11.6 Å². The van der Waals surface area contributed by atoms with Gasteiger partial charge in [-0.3, -0.25) is 0 Å². The monoisotopic (exact) mass is 194 g/mol. The van der Waals surface area contributed by atoms with Crippen LogP contribution in [0.25, 0.3) is 0 Å². The molecule has 0 bridgehead atoms. The first-order valence-corrected chi connectivity index (χ1v) is 5.85. The predicted molar refractivity (Wildman–Crippen MR) is 59.1 cm³/mol. The molecular weight excluding hydrogens is 172 g/mol. The third-order valence-electron chi connectivity index (χ3n) is 4.26. The van der Waals surface area contributed by atoms with Crippen LogP contribution in [0.4, 0.5) is 0 Å². The average Bonchev–Trinajstić information content (AvgIpc) is 2.08. The van der Waals surface area contributed by atoms with Gasteiger partial charge in [-0.1, -0.05) is 38.8 Å². The van der Waals surface area contributed by atoms with E-state index in [0.29, 0.717) is 10.8 Å². The Kier molecular flexibility index (Phi) is 2.26. The molecule has 0 spiro atoms. The van der Waals surface area contributed by atoms with Crippen molar-refractivity contribution < 1.29 is 5.11 Å². The van der Waals surface area contributed by atoms with E-state index in [0.717, 1.165) is 6.42 Å². The Morgan fingerprint density at radius 2 is 1.93 bits per heavy atom. The molecule has 1 fully saturated rings. The summed E-state index contributed by atoms with van der Waals surface area (Å²) in [6.45, 7) is 7.04. The molecule has 0 heterocycles. The highest BCUT2D eigenvalue weighted by Gasteiger charge is 2.43. The quantitative estimate of drug-likeness (QED) is 0.587. The van der Waals surface area contributed by atoms with E-state index < -0.39 is 0 Å². The van der Waals surface area contributed by atoms with E-state index in [1.54, 1.807) is 0 Å². The van der Waals surface area contributed by atoms with E-state index in [2.05, 4.69) is 26.8 Å². The lowest BCUT2D eigenvalue weighted by molar-refractivity contribution is 0.118. The molecule has 0 aliphatic heterocycles. The Hall–Kier alpha value is -0.300. The van der Waals surface area contributed by atoms with Gasteiger partial charge in [-0.25, -0.2) is 0 Å². The summed E-state index contributed by atoms with van der Waals surface area (Å²) in [5.74, 6) is 0. The Labute approximate surface area is 87.2 Å². The molecule has 1 heteroatoms. The van der Waals surface area contributed by atoms with Crippen molar-refractivity contribution in [1.82, 2.24) is 0 Å². The molecule has 1 saturated carbocycles. The van der Waals surface area contributed by atoms with Gasteiger partial charge in [0.05, 0.1) is 6.10 Å². The van der Waals surface area contributed by atoms with Gasteiger partial charge in [-0.15, -0.1) is 0 Å². The smallest absolute Gasteiger partial charge is 0.0724 e. The minimum absolute atomic E-state index is 0.185. The second-order valence-corrected chi connectivity index (χ2v) is 5.98. The van der Waals surface area contributed by atoms with Crippen molar-refractivity contribution in [2.75, 3.05) is 0 Å². The molecule has 14 heavy (non-hydrogen) atoms. The third-order valence-corrected chi connectivity index (χ3v) is 4.26. The van der Waals surface area contributed by atoms with Crippen LogP contribution in [0.5, 0.6) is 0 Å². The molecule has 2 aliphatic carbocycles. The molecule has 2 unspecified atom stereocenters. The van der Waals surface area contributed by atoms with Gasteiger partial charge in [-0.05, 0) is 36.5 Å². The minimum atomic E-state index is -0.185. The second kappa shape index (κ2) is 3.10. The maximum Gasteiger partial charge on any atom is 0.0724 e. The standard InChI is InChI=1S/C13H22O/c1-12(2)6-4-7-13(3)8-5-10(14)9-11(12)13/h9-10,14H,4-8H2,1-3H3. The number of aliphatic hydroxyl groups is 1. The fourth-order valence-corrected chi connectivity index (χ4v) is 3.44. The molecule has 2 atom stereocenters. The van der Waals surface area contributed by atoms with E-state index in [1.807, 2.05) is 0 Å². The Balaban J connectivity index is 2.38. The summed E-state index contributed by atoms with van der Waals surface area (Å²) >= 11 is 0. The largest absolute Gasteiger partial charge is 0.389 e. The van der Waals surface area contributed by atoms with Crippen molar-refractivity contribution in [3.63, 3.8) is 0 Å². The van der Waals surface area contributed by atoms with Crippen molar-refractivity contribution >= 4 is 0 Å². The summed E-state index contributed by atoms with van der Waals surface area (Å²) in [7, 11) is 0. The molecule has 0 amide bonds. The van der Waals surface area contributed by atoms with E-state index in [9.17, 15) is 5.11 Å². The van der Waals surface area contributed by atoms with Crippen LogP contribution in [-0.2, 0) is 0 Å². The number of aliphatic hydroxyl groups excluding tert-OH is 1. The summed E-state index contributed by atoms with van der Waals surface area (Å²) < 4.78 is 0. The van der Waals surface area contributed by atoms with E-state index in [1.165, 1.54) is 31.3 Å². The highest BCUT2D eigenvalue weighted by Crippen LogP contribution is 2.54. The van der Waals surface area contributed by atoms with Crippen LogP contribution in [0.2, 0.25) is 0 Å². The molecule has 2 rings (SSSR count). The molecule has 0 radical (unpaired) electrons. The van der Waals surface area contributed by atoms with Gasteiger partial charge >= 0.3 is 0 Å². The number of allylic oxidation sites excluding steroid dienone is 1. The normalized spacial score (nSPS) is 41.4. The lowest BCUT2D eigenvalue weighted by atomic mass is 9.57. The van der Waals surface area contributed by atoms with Crippen LogP contribution >= 0.6 is 0 Å². The van der Waals surface area contributed by atoms with Gasteiger partial charge < -0.3 is 5.11 Å². The molecule has 1 nitrogen and oxygen atoms in total. The van der Waals surface area contributed by atoms with Crippen molar-refractivity contribution in [2.24, 2.45) is 10.8 Å². The molecule has 0 aromatic heterocycles. The van der Waals surface area contributed by atoms with Crippen molar-refractivity contribution in [2.45, 2.75) is 59.0 Å². The Morgan fingerprint density at radius 1 is 1.21 bits per heavy atom. The summed E-state index contributed by atoms with van der Waals surface area (Å²) in [4.78, 5) is 0. The maximum atomic E-state index is 9.72. The summed E-state index contributed by atoms with van der Waals surface area (Å²) in [6.07, 6.45) is 8.02. The Morgan fingerprint density at radius 3 is 2.64 bits per heavy atom. The van der Waals surface area contributed by atoms with Crippen LogP contribution in [0.1, 0.15) is 52.9 Å². The zero-order chi connectivity index (χ0) is 10.4. The van der Waals surface area contributed by atoms with Crippen molar-refractivity contribution in [3.05, 3.63) is 11.6 Å². The lowest BCUT2D eigenvalue weighted by Gasteiger charge is -2.49. The van der Waals surface area contributed by atoms with Crippen LogP contribution in [-0.4, -0.2) is 11.2 Å². The summed E-state index contributed by atoms with van der Waals surface area (Å²) in [5, 5.41) is 9.72. The van der Waals surface area contributed by atoms with Gasteiger partial charge in [0.15, 0.2) is 0 Å². The SMILES string of the molecule is CC1(C)CCCC2(C)CCC(O)C=C12. The number of fused-ring (bicyclic) bond motifs is 1. The summed E-state index contributed by atoms with van der Waals surface area (Å²) in [6, 6.07) is 0. The minimum Gasteiger partial charge on any atom is -0.389 e. The second-order valence-electron chi connectivity index (χ2n) is 5.98. The van der Waals surface area contributed by atoms with Crippen LogP contribution in [0.3, 0.4) is 0 Å². The van der Waals surface area contributed by atoms with Gasteiger partial charge in [0.1, 0.15) is 0 Å². The fraction of sp³-hybridized carbons (Fsp3) is 0.846. The highest BCUT2D eigenvalue weighted by atomic mass is 16.3. The van der Waals surface area contributed by atoms with Crippen molar-refractivity contribution in [3.8, 4) is 0 Å². The molecule has 80 valence electrons. The lowest BCUT2D eigenvalue weighted by Crippen LogP contribution is -2.38. The van der Waals surface area contributed by atoms with Gasteiger partial charge in [-0.2, -0.15) is 0 Å². The maximum absolute atomic E-state index is 9.72. The fourth-order valence-electron chi connectivity index (χ4n) is 3.44. The zero-order valence-electron chi connectivity index (χ0n) is 9.64. The zero-order valence-corrected chi connectivity index (χ0v) is 9.64. The first kappa shape index (κ1) is 10.2. The third kappa shape index (κ3) is 1.52. The van der Waals surface area contributed by atoms with E-state index in [4.69, 9.17) is 0 Å². The number of rotatable bonds is 0. The van der Waals surface area contributed by atoms with Gasteiger partial charge in [0.2, 0.25) is 0 Å². The van der Waals surface area contributed by atoms with Gasteiger partial charge in [0, 0.05) is 0 Å². The number of hydrogen-bond acceptors (Lipinski definition) is 1. The predicted octanol–water partition coefficient (Wildman–Crippen LogP) is 3.28. The molecule has 0 saturated heterocycles. The molecule has 2 aliphatic rings. The highest BCUT2D eigenvalue weighted by molar-refractivity contribution is 5.27. The molecule has 0 aromatic carbocycles. The molecule has 0 aromatic rings. The molecule has 1 N–H and O–H groups in total. The van der Waals surface area contributed by atoms with Crippen LogP contribution < -0.4 is 0 Å². The number of hydrogen-bond donors (Lipinski definition) is 1. The van der Waals surface area contributed by atoms with E-state index in [-0.39, 0.29) is 6.10 Å². The first-order valence-electron chi connectivity index (χ1n) is 5.85. The van der Waals surface area contributed by atoms with Gasteiger partial charge in [0.25, 0.3) is 0 Å². The Bertz CT molecular complexity index is 264. The summed E-state index contributed by atoms with van der Waals surface area (Å²) in [5.41, 5.74) is 2.23. The topological polar surface area (TPSA) is 20.2 Å². The molecular formula is C13H22O. The van der Waals surface area contributed by atoms with E-state index >= 15 is 0 Å². The first-order chi connectivity index (χ1) is 6.44.